The Bertz CT molecular complexity index is 996. The van der Waals surface area contributed by atoms with Crippen LogP contribution in [0.25, 0.3) is 5.82 Å². The fourth-order valence-corrected chi connectivity index (χ4v) is 3.50. The molecule has 3 rings (SSSR count). The standard InChI is InChI=1S/C24H29N3O3/c1-5-29-21-11-10-19(16-22(21)30-6-2)12-14-26-24(28)20-15-17(3)27(18(20)4)23-9-7-8-13-25-23/h7-11,13,15-16H,5-6,12,14H2,1-4H3,(H,26,28). The minimum absolute atomic E-state index is 0.0822. The second-order valence-corrected chi connectivity index (χ2v) is 6.96. The van der Waals surface area contributed by atoms with Gasteiger partial charge >= 0.3 is 0 Å². The van der Waals surface area contributed by atoms with Crippen LogP contribution < -0.4 is 14.8 Å². The van der Waals surface area contributed by atoms with Gasteiger partial charge in [-0.1, -0.05) is 12.1 Å². The first-order chi connectivity index (χ1) is 14.5. The topological polar surface area (TPSA) is 65.4 Å². The Balaban J connectivity index is 1.66. The van der Waals surface area contributed by atoms with Gasteiger partial charge in [-0.3, -0.25) is 4.79 Å². The molecule has 0 radical (unpaired) electrons. The number of ether oxygens (including phenoxy) is 2. The number of amides is 1. The summed E-state index contributed by atoms with van der Waals surface area (Å²) in [7, 11) is 0. The van der Waals surface area contributed by atoms with Gasteiger partial charge < -0.3 is 19.4 Å². The van der Waals surface area contributed by atoms with Crippen LogP contribution in [0.15, 0.2) is 48.7 Å². The van der Waals surface area contributed by atoms with E-state index in [1.54, 1.807) is 6.20 Å². The molecule has 3 aromatic rings. The summed E-state index contributed by atoms with van der Waals surface area (Å²) in [4.78, 5) is 17.2. The highest BCUT2D eigenvalue weighted by molar-refractivity contribution is 5.95. The first-order valence-electron chi connectivity index (χ1n) is 10.3. The van der Waals surface area contributed by atoms with Crippen molar-refractivity contribution in [2.24, 2.45) is 0 Å². The molecule has 0 saturated carbocycles. The molecule has 0 atom stereocenters. The normalized spacial score (nSPS) is 10.7. The molecule has 30 heavy (non-hydrogen) atoms. The summed E-state index contributed by atoms with van der Waals surface area (Å²) in [6.45, 7) is 9.52. The number of carbonyl (C=O) groups is 1. The molecule has 2 heterocycles. The van der Waals surface area contributed by atoms with Gasteiger partial charge in [-0.15, -0.1) is 0 Å². The predicted octanol–water partition coefficient (Wildman–Crippen LogP) is 4.26. The highest BCUT2D eigenvalue weighted by atomic mass is 16.5. The van der Waals surface area contributed by atoms with Crippen LogP contribution in [0.2, 0.25) is 0 Å². The van der Waals surface area contributed by atoms with Gasteiger partial charge in [0.1, 0.15) is 5.82 Å². The maximum Gasteiger partial charge on any atom is 0.253 e. The number of pyridine rings is 1. The van der Waals surface area contributed by atoms with Crippen molar-refractivity contribution in [1.29, 1.82) is 0 Å². The van der Waals surface area contributed by atoms with Crippen molar-refractivity contribution in [2.45, 2.75) is 34.1 Å². The van der Waals surface area contributed by atoms with Crippen molar-refractivity contribution in [3.05, 3.63) is 71.2 Å². The van der Waals surface area contributed by atoms with Crippen LogP contribution in [0.1, 0.15) is 41.2 Å². The van der Waals surface area contributed by atoms with Crippen LogP contribution in [-0.4, -0.2) is 35.2 Å². The third-order valence-electron chi connectivity index (χ3n) is 4.86. The van der Waals surface area contributed by atoms with Gasteiger partial charge in [-0.05, 0) is 70.0 Å². The summed E-state index contributed by atoms with van der Waals surface area (Å²) in [5, 5.41) is 3.03. The van der Waals surface area contributed by atoms with Crippen molar-refractivity contribution in [1.82, 2.24) is 14.9 Å². The number of rotatable bonds is 9. The largest absolute Gasteiger partial charge is 0.490 e. The summed E-state index contributed by atoms with van der Waals surface area (Å²) in [5.74, 6) is 2.21. The average Bonchev–Trinajstić information content (AvgIpc) is 3.05. The van der Waals surface area contributed by atoms with E-state index in [4.69, 9.17) is 9.47 Å². The van der Waals surface area contributed by atoms with Gasteiger partial charge in [-0.2, -0.15) is 0 Å². The van der Waals surface area contributed by atoms with Gasteiger partial charge in [0.2, 0.25) is 0 Å². The Morgan fingerprint density at radius 1 is 1.03 bits per heavy atom. The van der Waals surface area contributed by atoms with Gasteiger partial charge in [0.15, 0.2) is 11.5 Å². The van der Waals surface area contributed by atoms with E-state index in [1.165, 1.54) is 0 Å². The number of aromatic nitrogens is 2. The fourth-order valence-electron chi connectivity index (χ4n) is 3.50. The summed E-state index contributed by atoms with van der Waals surface area (Å²) in [6, 6.07) is 13.6. The number of aryl methyl sites for hydroxylation is 1. The molecule has 0 aliphatic carbocycles. The minimum Gasteiger partial charge on any atom is -0.490 e. The van der Waals surface area contributed by atoms with Crippen LogP contribution >= 0.6 is 0 Å². The second-order valence-electron chi connectivity index (χ2n) is 6.96. The molecule has 0 saturated heterocycles. The lowest BCUT2D eigenvalue weighted by Gasteiger charge is -2.13. The third-order valence-corrected chi connectivity index (χ3v) is 4.86. The molecular weight excluding hydrogens is 378 g/mol. The maximum atomic E-state index is 12.8. The molecular formula is C24H29N3O3. The van der Waals surface area contributed by atoms with E-state index < -0.39 is 0 Å². The van der Waals surface area contributed by atoms with Gasteiger partial charge in [0, 0.05) is 24.1 Å². The van der Waals surface area contributed by atoms with Crippen LogP contribution in [-0.2, 0) is 6.42 Å². The number of benzene rings is 1. The first-order valence-corrected chi connectivity index (χ1v) is 10.3. The lowest BCUT2D eigenvalue weighted by atomic mass is 10.1. The van der Waals surface area contributed by atoms with Crippen LogP contribution in [0.5, 0.6) is 11.5 Å². The number of hydrogen-bond donors (Lipinski definition) is 1. The zero-order chi connectivity index (χ0) is 21.5. The monoisotopic (exact) mass is 407 g/mol. The van der Waals surface area contributed by atoms with Crippen molar-refractivity contribution in [3.63, 3.8) is 0 Å². The molecule has 6 heteroatoms. The highest BCUT2D eigenvalue weighted by Gasteiger charge is 2.17. The van der Waals surface area contributed by atoms with Gasteiger partial charge in [0.25, 0.3) is 5.91 Å². The zero-order valence-electron chi connectivity index (χ0n) is 18.1. The lowest BCUT2D eigenvalue weighted by molar-refractivity contribution is 0.0953. The van der Waals surface area contributed by atoms with Crippen molar-refractivity contribution in [2.75, 3.05) is 19.8 Å². The second kappa shape index (κ2) is 9.96. The Hall–Kier alpha value is -3.28. The van der Waals surface area contributed by atoms with Gasteiger partial charge in [-0.25, -0.2) is 4.98 Å². The van der Waals surface area contributed by atoms with Crippen molar-refractivity contribution < 1.29 is 14.3 Å². The molecule has 1 N–H and O–H groups in total. The van der Waals surface area contributed by atoms with Crippen LogP contribution in [0.4, 0.5) is 0 Å². The average molecular weight is 408 g/mol. The van der Waals surface area contributed by atoms with Crippen LogP contribution in [0, 0.1) is 13.8 Å². The molecule has 0 aliphatic rings. The Labute approximate surface area is 177 Å². The van der Waals surface area contributed by atoms with E-state index in [-0.39, 0.29) is 5.91 Å². The summed E-state index contributed by atoms with van der Waals surface area (Å²) in [5.41, 5.74) is 3.61. The highest BCUT2D eigenvalue weighted by Crippen LogP contribution is 2.28. The molecule has 2 aromatic heterocycles. The molecule has 6 nitrogen and oxygen atoms in total. The molecule has 1 aromatic carbocycles. The van der Waals surface area contributed by atoms with Crippen LogP contribution in [0.3, 0.4) is 0 Å². The van der Waals surface area contributed by atoms with Crippen molar-refractivity contribution in [3.8, 4) is 17.3 Å². The SMILES string of the molecule is CCOc1ccc(CCNC(=O)c2cc(C)n(-c3ccccn3)c2C)cc1OCC. The van der Waals surface area contributed by atoms with E-state index >= 15 is 0 Å². The lowest BCUT2D eigenvalue weighted by Crippen LogP contribution is -2.26. The van der Waals surface area contributed by atoms with E-state index in [0.717, 1.165) is 34.3 Å². The summed E-state index contributed by atoms with van der Waals surface area (Å²) >= 11 is 0. The zero-order valence-corrected chi connectivity index (χ0v) is 18.1. The number of nitrogens with one attached hydrogen (secondary N) is 1. The summed E-state index contributed by atoms with van der Waals surface area (Å²) in [6.07, 6.45) is 2.46. The number of hydrogen-bond acceptors (Lipinski definition) is 4. The fraction of sp³-hybridized carbons (Fsp3) is 0.333. The molecule has 0 bridgehead atoms. The van der Waals surface area contributed by atoms with Gasteiger partial charge in [0.05, 0.1) is 18.8 Å². The molecule has 0 unspecified atom stereocenters. The van der Waals surface area contributed by atoms with E-state index in [2.05, 4.69) is 10.3 Å². The van der Waals surface area contributed by atoms with Crippen molar-refractivity contribution >= 4 is 5.91 Å². The molecule has 0 spiro atoms. The molecule has 1 amide bonds. The predicted molar refractivity (Wildman–Crippen MR) is 118 cm³/mol. The summed E-state index contributed by atoms with van der Waals surface area (Å²) < 4.78 is 13.3. The third kappa shape index (κ3) is 4.82. The smallest absolute Gasteiger partial charge is 0.253 e. The Kier molecular flexibility index (Phi) is 7.12. The quantitative estimate of drug-likeness (QED) is 0.576. The Morgan fingerprint density at radius 3 is 2.50 bits per heavy atom. The number of carbonyl (C=O) groups excluding carboxylic acids is 1. The minimum atomic E-state index is -0.0822. The van der Waals surface area contributed by atoms with E-state index in [0.29, 0.717) is 31.7 Å². The maximum absolute atomic E-state index is 12.8. The molecule has 158 valence electrons. The first kappa shape index (κ1) is 21.4. The Morgan fingerprint density at radius 2 is 1.80 bits per heavy atom. The molecule has 0 aliphatic heterocycles. The molecule has 0 fully saturated rings. The van der Waals surface area contributed by atoms with E-state index in [1.807, 2.05) is 74.7 Å². The number of nitrogens with zero attached hydrogens (tertiary/aromatic N) is 2. The van der Waals surface area contributed by atoms with E-state index in [9.17, 15) is 4.79 Å².